The molecular formula is C14H18N2. The van der Waals surface area contributed by atoms with Gasteiger partial charge in [-0.15, -0.1) is 0 Å². The third-order valence-electron chi connectivity index (χ3n) is 3.38. The van der Waals surface area contributed by atoms with Crippen LogP contribution in [0.25, 0.3) is 0 Å². The Bertz CT molecular complexity index is 417. The second-order valence-electron chi connectivity index (χ2n) is 4.65. The maximum absolute atomic E-state index is 9.10. The van der Waals surface area contributed by atoms with E-state index in [0.29, 0.717) is 0 Å². The minimum absolute atomic E-state index is 0.774. The minimum Gasteiger partial charge on any atom is -0.371 e. The molecule has 1 heterocycles. The monoisotopic (exact) mass is 214 g/mol. The summed E-state index contributed by atoms with van der Waals surface area (Å²) in [5, 5.41) is 9.10. The van der Waals surface area contributed by atoms with Gasteiger partial charge in [0.15, 0.2) is 0 Å². The molecular weight excluding hydrogens is 196 g/mol. The van der Waals surface area contributed by atoms with E-state index in [4.69, 9.17) is 5.26 Å². The molecule has 2 heteroatoms. The Hall–Kier alpha value is -1.49. The average Bonchev–Trinajstić information content (AvgIpc) is 2.75. The molecule has 1 atom stereocenters. The Balaban J connectivity index is 2.26. The van der Waals surface area contributed by atoms with Crippen molar-refractivity contribution in [1.82, 2.24) is 0 Å². The molecule has 1 unspecified atom stereocenters. The molecule has 16 heavy (non-hydrogen) atoms. The van der Waals surface area contributed by atoms with Crippen LogP contribution in [0.3, 0.4) is 0 Å². The zero-order valence-corrected chi connectivity index (χ0v) is 10.0. The van der Waals surface area contributed by atoms with Gasteiger partial charge in [0.1, 0.15) is 0 Å². The Morgan fingerprint density at radius 1 is 1.50 bits per heavy atom. The molecule has 0 bridgehead atoms. The Morgan fingerprint density at radius 3 is 2.88 bits per heavy atom. The van der Waals surface area contributed by atoms with Gasteiger partial charge >= 0.3 is 0 Å². The molecule has 1 saturated heterocycles. The van der Waals surface area contributed by atoms with Crippen molar-refractivity contribution < 1.29 is 0 Å². The third-order valence-corrected chi connectivity index (χ3v) is 3.38. The quantitative estimate of drug-likeness (QED) is 0.756. The average molecular weight is 214 g/mol. The molecule has 1 aromatic rings. The van der Waals surface area contributed by atoms with Gasteiger partial charge in [-0.2, -0.15) is 5.26 Å². The minimum atomic E-state index is 0.774. The lowest BCUT2D eigenvalue weighted by atomic mass is 10.1. The van der Waals surface area contributed by atoms with Gasteiger partial charge in [-0.3, -0.25) is 0 Å². The number of anilines is 1. The highest BCUT2D eigenvalue weighted by atomic mass is 15.1. The molecule has 1 aromatic carbocycles. The van der Waals surface area contributed by atoms with E-state index >= 15 is 0 Å². The van der Waals surface area contributed by atoms with Crippen LogP contribution in [0.15, 0.2) is 18.2 Å². The second-order valence-corrected chi connectivity index (χ2v) is 4.65. The first-order chi connectivity index (χ1) is 7.74. The number of nitriles is 1. The normalized spacial score (nSPS) is 19.8. The number of hydrogen-bond acceptors (Lipinski definition) is 2. The largest absolute Gasteiger partial charge is 0.371 e. The molecule has 1 aliphatic heterocycles. The van der Waals surface area contributed by atoms with Crippen LogP contribution < -0.4 is 4.90 Å². The van der Waals surface area contributed by atoms with Gasteiger partial charge in [0.25, 0.3) is 0 Å². The zero-order chi connectivity index (χ0) is 11.5. The summed E-state index contributed by atoms with van der Waals surface area (Å²) in [6, 6.07) is 8.58. The molecule has 84 valence electrons. The van der Waals surface area contributed by atoms with Crippen molar-refractivity contribution in [2.45, 2.75) is 26.7 Å². The number of nitrogens with zero attached hydrogens (tertiary/aromatic N) is 2. The molecule has 2 rings (SSSR count). The van der Waals surface area contributed by atoms with Gasteiger partial charge in [-0.1, -0.05) is 19.9 Å². The first-order valence-electron chi connectivity index (χ1n) is 6.02. The predicted molar refractivity (Wildman–Crippen MR) is 66.5 cm³/mol. The van der Waals surface area contributed by atoms with Crippen molar-refractivity contribution in [1.29, 1.82) is 5.26 Å². The summed E-state index contributed by atoms with van der Waals surface area (Å²) >= 11 is 0. The molecule has 1 aliphatic rings. The lowest BCUT2D eigenvalue weighted by Gasteiger charge is -2.19. The van der Waals surface area contributed by atoms with E-state index < -0.39 is 0 Å². The van der Waals surface area contributed by atoms with Gasteiger partial charge in [0.2, 0.25) is 0 Å². The Labute approximate surface area is 97.5 Å². The number of aryl methyl sites for hydroxylation is 1. The lowest BCUT2D eigenvalue weighted by Crippen LogP contribution is -2.19. The fraction of sp³-hybridized carbons (Fsp3) is 0.500. The maximum Gasteiger partial charge on any atom is 0.0995 e. The molecule has 2 nitrogen and oxygen atoms in total. The smallest absolute Gasteiger partial charge is 0.0995 e. The van der Waals surface area contributed by atoms with Crippen LogP contribution in [0.2, 0.25) is 0 Å². The second kappa shape index (κ2) is 4.57. The Morgan fingerprint density at radius 2 is 2.31 bits per heavy atom. The first kappa shape index (κ1) is 11.0. The van der Waals surface area contributed by atoms with Gasteiger partial charge < -0.3 is 4.90 Å². The zero-order valence-electron chi connectivity index (χ0n) is 10.0. The van der Waals surface area contributed by atoms with E-state index in [2.05, 4.69) is 36.9 Å². The molecule has 0 aromatic heterocycles. The molecule has 0 radical (unpaired) electrons. The van der Waals surface area contributed by atoms with Crippen molar-refractivity contribution in [2.75, 3.05) is 18.0 Å². The number of rotatable bonds is 2. The standard InChI is InChI=1S/C14H18N2/c1-3-12-4-5-14(8-13(12)9-15)16-7-6-11(2)10-16/h4-5,8,11H,3,6-7,10H2,1-2H3. The molecule has 0 amide bonds. The van der Waals surface area contributed by atoms with Crippen LogP contribution >= 0.6 is 0 Å². The van der Waals surface area contributed by atoms with E-state index in [1.54, 1.807) is 0 Å². The topological polar surface area (TPSA) is 27.0 Å². The first-order valence-corrected chi connectivity index (χ1v) is 6.02. The Kier molecular flexibility index (Phi) is 3.14. The van der Waals surface area contributed by atoms with Gasteiger partial charge in [-0.05, 0) is 36.5 Å². The fourth-order valence-corrected chi connectivity index (χ4v) is 2.34. The molecule has 0 saturated carbocycles. The summed E-state index contributed by atoms with van der Waals surface area (Å²) in [5.41, 5.74) is 3.19. The van der Waals surface area contributed by atoms with Crippen molar-refractivity contribution in [3.05, 3.63) is 29.3 Å². The van der Waals surface area contributed by atoms with Crippen LogP contribution in [0.4, 0.5) is 5.69 Å². The highest BCUT2D eigenvalue weighted by Crippen LogP contribution is 2.25. The van der Waals surface area contributed by atoms with Crippen LogP contribution in [0, 0.1) is 17.2 Å². The summed E-state index contributed by atoms with van der Waals surface area (Å²) in [7, 11) is 0. The lowest BCUT2D eigenvalue weighted by molar-refractivity contribution is 0.659. The van der Waals surface area contributed by atoms with Crippen LogP contribution in [0.5, 0.6) is 0 Å². The van der Waals surface area contributed by atoms with E-state index in [9.17, 15) is 0 Å². The summed E-state index contributed by atoms with van der Waals surface area (Å²) in [4.78, 5) is 2.38. The summed E-state index contributed by atoms with van der Waals surface area (Å²) in [6.07, 6.45) is 2.19. The van der Waals surface area contributed by atoms with Crippen LogP contribution in [-0.2, 0) is 6.42 Å². The molecule has 0 N–H and O–H groups in total. The highest BCUT2D eigenvalue weighted by molar-refractivity contribution is 5.55. The highest BCUT2D eigenvalue weighted by Gasteiger charge is 2.19. The predicted octanol–water partition coefficient (Wildman–Crippen LogP) is 2.97. The molecule has 0 aliphatic carbocycles. The maximum atomic E-state index is 9.10. The van der Waals surface area contributed by atoms with Crippen molar-refractivity contribution in [3.63, 3.8) is 0 Å². The van der Waals surface area contributed by atoms with E-state index in [1.807, 2.05) is 6.07 Å². The van der Waals surface area contributed by atoms with E-state index in [-0.39, 0.29) is 0 Å². The van der Waals surface area contributed by atoms with Gasteiger partial charge in [-0.25, -0.2) is 0 Å². The number of hydrogen-bond donors (Lipinski definition) is 0. The molecule has 1 fully saturated rings. The van der Waals surface area contributed by atoms with E-state index in [1.165, 1.54) is 12.1 Å². The van der Waals surface area contributed by atoms with Gasteiger partial charge in [0.05, 0.1) is 11.6 Å². The van der Waals surface area contributed by atoms with Crippen LogP contribution in [-0.4, -0.2) is 13.1 Å². The fourth-order valence-electron chi connectivity index (χ4n) is 2.34. The SMILES string of the molecule is CCc1ccc(N2CCC(C)C2)cc1C#N. The number of benzene rings is 1. The van der Waals surface area contributed by atoms with E-state index in [0.717, 1.165) is 36.6 Å². The summed E-state index contributed by atoms with van der Waals surface area (Å²) in [5.74, 6) is 0.774. The summed E-state index contributed by atoms with van der Waals surface area (Å²) < 4.78 is 0. The van der Waals surface area contributed by atoms with Gasteiger partial charge in [0, 0.05) is 18.8 Å². The third kappa shape index (κ3) is 2.04. The summed E-state index contributed by atoms with van der Waals surface area (Å²) in [6.45, 7) is 6.62. The van der Waals surface area contributed by atoms with Crippen LogP contribution in [0.1, 0.15) is 31.4 Å². The van der Waals surface area contributed by atoms with Crippen molar-refractivity contribution >= 4 is 5.69 Å². The van der Waals surface area contributed by atoms with Crippen molar-refractivity contribution in [2.24, 2.45) is 5.92 Å². The van der Waals surface area contributed by atoms with Crippen molar-refractivity contribution in [3.8, 4) is 6.07 Å². The molecule has 0 spiro atoms.